The first-order valence-electron chi connectivity index (χ1n) is 11.6. The topological polar surface area (TPSA) is 84.9 Å². The van der Waals surface area contributed by atoms with Crippen LogP contribution in [0.25, 0.3) is 10.8 Å². The van der Waals surface area contributed by atoms with E-state index >= 15 is 0 Å². The van der Waals surface area contributed by atoms with Gasteiger partial charge in [-0.05, 0) is 76.1 Å². The molecule has 0 bridgehead atoms. The highest BCUT2D eigenvalue weighted by Crippen LogP contribution is 2.30. The smallest absolute Gasteiger partial charge is 0.264 e. The van der Waals surface area contributed by atoms with Crippen LogP contribution in [-0.2, 0) is 14.8 Å². The number of fused-ring (bicyclic) bond motifs is 1. The number of carbonyl (C=O) groups excluding carboxylic acids is 1. The zero-order chi connectivity index (χ0) is 26.4. The number of aryl methyl sites for hydroxylation is 1. The molecular formula is C28H27BrN2O5S. The van der Waals surface area contributed by atoms with Crippen molar-refractivity contribution in [1.82, 2.24) is 5.32 Å². The summed E-state index contributed by atoms with van der Waals surface area (Å²) < 4.78 is 39.8. The molecule has 0 heterocycles. The van der Waals surface area contributed by atoms with E-state index in [4.69, 9.17) is 9.47 Å². The number of methoxy groups -OCH3 is 1. The van der Waals surface area contributed by atoms with Crippen LogP contribution in [-0.4, -0.2) is 41.1 Å². The van der Waals surface area contributed by atoms with Gasteiger partial charge in [-0.25, -0.2) is 8.42 Å². The van der Waals surface area contributed by atoms with Gasteiger partial charge in [0.2, 0.25) is 5.91 Å². The second-order valence-corrected chi connectivity index (χ2v) is 11.1. The van der Waals surface area contributed by atoms with Crippen LogP contribution < -0.4 is 19.1 Å². The lowest BCUT2D eigenvalue weighted by Gasteiger charge is -2.24. The Hall–Kier alpha value is -3.56. The number of nitrogens with one attached hydrogen (secondary N) is 1. The molecule has 0 radical (unpaired) electrons. The number of amides is 1. The van der Waals surface area contributed by atoms with E-state index in [1.807, 2.05) is 49.4 Å². The molecule has 4 aromatic rings. The van der Waals surface area contributed by atoms with Crippen LogP contribution in [0, 0.1) is 6.92 Å². The van der Waals surface area contributed by atoms with Gasteiger partial charge in [-0.3, -0.25) is 9.10 Å². The molecule has 0 saturated carbocycles. The SMILES string of the molecule is COc1ccc(S(=O)(=O)N(CC(=O)NCCOc2ccc3ccccc3c2)c2ccc(C)cc2)cc1Br. The van der Waals surface area contributed by atoms with Crippen molar-refractivity contribution in [2.24, 2.45) is 0 Å². The summed E-state index contributed by atoms with van der Waals surface area (Å²) in [5.74, 6) is 0.755. The van der Waals surface area contributed by atoms with E-state index in [1.165, 1.54) is 19.2 Å². The number of hydrogen-bond acceptors (Lipinski definition) is 5. The van der Waals surface area contributed by atoms with Crippen LogP contribution in [0.3, 0.4) is 0 Å². The van der Waals surface area contributed by atoms with Crippen LogP contribution in [0.2, 0.25) is 0 Å². The maximum absolute atomic E-state index is 13.6. The molecule has 0 aromatic heterocycles. The summed E-state index contributed by atoms with van der Waals surface area (Å²) in [6.07, 6.45) is 0. The number of rotatable bonds is 10. The van der Waals surface area contributed by atoms with Gasteiger partial charge < -0.3 is 14.8 Å². The summed E-state index contributed by atoms with van der Waals surface area (Å²) in [4.78, 5) is 12.9. The van der Waals surface area contributed by atoms with Gasteiger partial charge in [-0.1, -0.05) is 48.0 Å². The zero-order valence-corrected chi connectivity index (χ0v) is 22.9. The van der Waals surface area contributed by atoms with Gasteiger partial charge >= 0.3 is 0 Å². The fourth-order valence-electron chi connectivity index (χ4n) is 3.76. The van der Waals surface area contributed by atoms with Gasteiger partial charge in [0.15, 0.2) is 0 Å². The molecular weight excluding hydrogens is 556 g/mol. The van der Waals surface area contributed by atoms with Gasteiger partial charge in [0.1, 0.15) is 24.7 Å². The first-order valence-corrected chi connectivity index (χ1v) is 13.8. The lowest BCUT2D eigenvalue weighted by atomic mass is 10.1. The number of hydrogen-bond donors (Lipinski definition) is 1. The number of ether oxygens (including phenoxy) is 2. The van der Waals surface area contributed by atoms with Crippen LogP contribution in [0.1, 0.15) is 5.56 Å². The Morgan fingerprint density at radius 3 is 2.38 bits per heavy atom. The van der Waals surface area contributed by atoms with E-state index in [1.54, 1.807) is 30.3 Å². The molecule has 0 unspecified atom stereocenters. The molecule has 1 N–H and O–H groups in total. The van der Waals surface area contributed by atoms with E-state index in [0.29, 0.717) is 21.7 Å². The number of nitrogens with zero attached hydrogens (tertiary/aromatic N) is 1. The van der Waals surface area contributed by atoms with Crippen molar-refractivity contribution in [3.8, 4) is 11.5 Å². The van der Waals surface area contributed by atoms with Gasteiger partial charge in [-0.2, -0.15) is 0 Å². The van der Waals surface area contributed by atoms with Crippen molar-refractivity contribution >= 4 is 48.3 Å². The summed E-state index contributed by atoms with van der Waals surface area (Å²) in [5, 5.41) is 4.93. The minimum atomic E-state index is -4.05. The Bertz CT molecular complexity index is 1510. The standard InChI is InChI=1S/C28H27BrN2O5S/c1-20-7-10-23(11-8-20)31(37(33,34)25-13-14-27(35-2)26(29)18-25)19-28(32)30-15-16-36-24-12-9-21-5-3-4-6-22(21)17-24/h3-14,17-18H,15-16,19H2,1-2H3,(H,30,32). The minimum absolute atomic E-state index is 0.0354. The molecule has 0 atom stereocenters. The third-order valence-electron chi connectivity index (χ3n) is 5.73. The lowest BCUT2D eigenvalue weighted by molar-refractivity contribution is -0.119. The fraction of sp³-hybridized carbons (Fsp3) is 0.179. The third kappa shape index (κ3) is 6.42. The first kappa shape index (κ1) is 26.5. The third-order valence-corrected chi connectivity index (χ3v) is 8.12. The molecule has 7 nitrogen and oxygen atoms in total. The Kier molecular flexibility index (Phi) is 8.35. The molecule has 0 aliphatic heterocycles. The quantitative estimate of drug-likeness (QED) is 0.256. The zero-order valence-electron chi connectivity index (χ0n) is 20.5. The van der Waals surface area contributed by atoms with Gasteiger partial charge in [-0.15, -0.1) is 0 Å². The van der Waals surface area contributed by atoms with Crippen molar-refractivity contribution in [3.05, 3.63) is 95.0 Å². The summed E-state index contributed by atoms with van der Waals surface area (Å²) in [5.41, 5.74) is 1.36. The van der Waals surface area contributed by atoms with E-state index in [2.05, 4.69) is 21.2 Å². The van der Waals surface area contributed by atoms with Crippen LogP contribution in [0.15, 0.2) is 94.3 Å². The highest BCUT2D eigenvalue weighted by Gasteiger charge is 2.28. The van der Waals surface area contributed by atoms with Gasteiger partial charge in [0.25, 0.3) is 10.0 Å². The molecule has 4 rings (SSSR count). The predicted octanol–water partition coefficient (Wildman–Crippen LogP) is 5.31. The molecule has 0 aliphatic carbocycles. The molecule has 0 aliphatic rings. The first-order chi connectivity index (χ1) is 17.8. The van der Waals surface area contributed by atoms with E-state index in [-0.39, 0.29) is 24.6 Å². The van der Waals surface area contributed by atoms with Crippen LogP contribution >= 0.6 is 15.9 Å². The highest BCUT2D eigenvalue weighted by molar-refractivity contribution is 9.10. The maximum Gasteiger partial charge on any atom is 0.264 e. The van der Waals surface area contributed by atoms with E-state index in [0.717, 1.165) is 20.6 Å². The van der Waals surface area contributed by atoms with Gasteiger partial charge in [0, 0.05) is 0 Å². The normalized spacial score (nSPS) is 11.2. The Balaban J connectivity index is 1.45. The van der Waals surface area contributed by atoms with Crippen molar-refractivity contribution in [2.75, 3.05) is 31.1 Å². The number of halogens is 1. The van der Waals surface area contributed by atoms with Gasteiger partial charge in [0.05, 0.1) is 28.7 Å². The molecule has 1 amide bonds. The van der Waals surface area contributed by atoms with Crippen LogP contribution in [0.4, 0.5) is 5.69 Å². The monoisotopic (exact) mass is 582 g/mol. The summed E-state index contributed by atoms with van der Waals surface area (Å²) in [7, 11) is -2.55. The second kappa shape index (κ2) is 11.7. The molecule has 192 valence electrons. The van der Waals surface area contributed by atoms with E-state index in [9.17, 15) is 13.2 Å². The molecule has 37 heavy (non-hydrogen) atoms. The fourth-order valence-corrected chi connectivity index (χ4v) is 5.90. The number of benzene rings is 4. The molecule has 9 heteroatoms. The summed E-state index contributed by atoms with van der Waals surface area (Å²) >= 11 is 3.34. The molecule has 0 fully saturated rings. The molecule has 0 saturated heterocycles. The van der Waals surface area contributed by atoms with Crippen LogP contribution in [0.5, 0.6) is 11.5 Å². The molecule has 0 spiro atoms. The summed E-state index contributed by atoms with van der Waals surface area (Å²) in [6.45, 7) is 1.99. The number of carbonyl (C=O) groups is 1. The van der Waals surface area contributed by atoms with Crippen molar-refractivity contribution in [2.45, 2.75) is 11.8 Å². The maximum atomic E-state index is 13.6. The minimum Gasteiger partial charge on any atom is -0.496 e. The Morgan fingerprint density at radius 1 is 0.946 bits per heavy atom. The summed E-state index contributed by atoms with van der Waals surface area (Å²) in [6, 6.07) is 25.2. The Morgan fingerprint density at radius 2 is 1.68 bits per heavy atom. The van der Waals surface area contributed by atoms with Crippen molar-refractivity contribution < 1.29 is 22.7 Å². The largest absolute Gasteiger partial charge is 0.496 e. The average molecular weight is 584 g/mol. The predicted molar refractivity (Wildman–Crippen MR) is 149 cm³/mol. The van der Waals surface area contributed by atoms with Crippen molar-refractivity contribution in [1.29, 1.82) is 0 Å². The highest BCUT2D eigenvalue weighted by atomic mass is 79.9. The van der Waals surface area contributed by atoms with Crippen molar-refractivity contribution in [3.63, 3.8) is 0 Å². The Labute approximate surface area is 225 Å². The average Bonchev–Trinajstić information content (AvgIpc) is 2.90. The number of anilines is 1. The molecule has 4 aromatic carbocycles. The van der Waals surface area contributed by atoms with E-state index < -0.39 is 15.9 Å². The number of sulfonamides is 1. The lowest BCUT2D eigenvalue weighted by Crippen LogP contribution is -2.41. The second-order valence-electron chi connectivity index (χ2n) is 8.35.